The van der Waals surface area contributed by atoms with Gasteiger partial charge in [-0.15, -0.1) is 0 Å². The molecule has 0 aromatic heterocycles. The van der Waals surface area contributed by atoms with E-state index in [1.54, 1.807) is 5.70 Å². The molecule has 1 saturated heterocycles. The summed E-state index contributed by atoms with van der Waals surface area (Å²) in [6, 6.07) is 47.5. The van der Waals surface area contributed by atoms with Crippen molar-refractivity contribution in [2.75, 3.05) is 9.80 Å². The van der Waals surface area contributed by atoms with Gasteiger partial charge in [-0.25, -0.2) is 9.98 Å². The second-order valence-corrected chi connectivity index (χ2v) is 17.9. The summed E-state index contributed by atoms with van der Waals surface area (Å²) in [5, 5.41) is 3.59. The van der Waals surface area contributed by atoms with Crippen molar-refractivity contribution in [3.8, 4) is 0 Å². The summed E-state index contributed by atoms with van der Waals surface area (Å²) in [6.07, 6.45) is 28.6. The maximum absolute atomic E-state index is 5.24. The first-order valence-electron chi connectivity index (χ1n) is 22.8. The van der Waals surface area contributed by atoms with E-state index in [-0.39, 0.29) is 12.2 Å². The van der Waals surface area contributed by atoms with Crippen LogP contribution in [-0.4, -0.2) is 23.8 Å². The number of fused-ring (bicyclic) bond motifs is 6. The summed E-state index contributed by atoms with van der Waals surface area (Å²) in [5.74, 6) is 3.45. The Kier molecular flexibility index (Phi) is 9.35. The first-order chi connectivity index (χ1) is 30.7. The number of amidine groups is 2. The topological polar surface area (TPSA) is 43.2 Å². The number of hydrogen-bond acceptors (Lipinski definition) is 5. The lowest BCUT2D eigenvalue weighted by atomic mass is 9.73. The molecule has 7 aliphatic rings. The van der Waals surface area contributed by atoms with E-state index in [9.17, 15) is 0 Å². The molecule has 1 fully saturated rings. The number of anilines is 3. The van der Waals surface area contributed by atoms with E-state index in [2.05, 4.69) is 191 Å². The molecule has 5 nitrogen and oxygen atoms in total. The molecule has 0 spiro atoms. The largest absolute Gasteiger partial charge is 0.338 e. The Hall–Kier alpha value is -6.72. The van der Waals surface area contributed by atoms with Gasteiger partial charge in [0.15, 0.2) is 6.17 Å². The quantitative estimate of drug-likeness (QED) is 0.167. The van der Waals surface area contributed by atoms with Gasteiger partial charge in [0, 0.05) is 45.4 Å². The van der Waals surface area contributed by atoms with Crippen LogP contribution in [0.25, 0.3) is 11.1 Å². The fraction of sp³-hybridized carbons (Fsp3) is 0.228. The van der Waals surface area contributed by atoms with Crippen LogP contribution in [-0.2, 0) is 0 Å². The fourth-order valence-corrected chi connectivity index (χ4v) is 11.4. The number of hydrogen-bond donors (Lipinski definition) is 1. The first kappa shape index (κ1) is 37.1. The molecule has 0 amide bonds. The summed E-state index contributed by atoms with van der Waals surface area (Å²) >= 11 is 0. The van der Waals surface area contributed by atoms with Gasteiger partial charge >= 0.3 is 0 Å². The van der Waals surface area contributed by atoms with Crippen molar-refractivity contribution in [2.45, 2.75) is 69.1 Å². The van der Waals surface area contributed by atoms with Crippen LogP contribution in [0.2, 0.25) is 0 Å². The normalized spacial score (nSPS) is 25.6. The molecule has 4 aliphatic carbocycles. The average molecular weight is 806 g/mol. The maximum Gasteiger partial charge on any atom is 0.169 e. The molecule has 6 atom stereocenters. The van der Waals surface area contributed by atoms with Crippen molar-refractivity contribution >= 4 is 39.9 Å². The van der Waals surface area contributed by atoms with Crippen molar-refractivity contribution in [3.05, 3.63) is 221 Å². The average Bonchev–Trinajstić information content (AvgIpc) is 3.87. The van der Waals surface area contributed by atoms with Gasteiger partial charge in [-0.05, 0) is 121 Å². The molecular formula is C57H51N5. The SMILES string of the molecule is C1=CCCC(c2ccc(C3=NC(c4ccc(N5c6ccc(C7CC=C8C(C7)C7CCC=CC7N8c7ccccc7)cc6C6=CC=CCC65)cc4)N=C(c4ccccc4)N3)cc2)=C1. The zero-order valence-electron chi connectivity index (χ0n) is 35.0. The van der Waals surface area contributed by atoms with Crippen LogP contribution in [0.3, 0.4) is 0 Å². The third kappa shape index (κ3) is 6.53. The maximum atomic E-state index is 5.24. The van der Waals surface area contributed by atoms with Crippen LogP contribution in [0.15, 0.2) is 198 Å². The van der Waals surface area contributed by atoms with Crippen molar-refractivity contribution < 1.29 is 0 Å². The molecule has 0 saturated carbocycles. The molecule has 3 heterocycles. The number of nitrogens with one attached hydrogen (secondary N) is 1. The molecular weight excluding hydrogens is 755 g/mol. The lowest BCUT2D eigenvalue weighted by molar-refractivity contribution is 0.328. The lowest BCUT2D eigenvalue weighted by Crippen LogP contribution is -2.36. The first-order valence-corrected chi connectivity index (χ1v) is 22.8. The number of benzene rings is 5. The Labute approximate surface area is 365 Å². The van der Waals surface area contributed by atoms with Gasteiger partial charge in [-0.3, -0.25) is 0 Å². The smallest absolute Gasteiger partial charge is 0.169 e. The number of para-hydroxylation sites is 1. The number of aliphatic imine (C=N–C) groups is 2. The minimum absolute atomic E-state index is 0.271. The van der Waals surface area contributed by atoms with E-state index in [1.807, 2.05) is 6.07 Å². The molecule has 6 unspecified atom stereocenters. The standard InChI is InChI=1S/C57H51N5/c1-4-14-38(15-5-1)39-24-26-41(27-25-39)56-58-55(40-16-6-2-7-17-40)59-57(60-56)42-28-32-46(33-29-42)62-52-23-13-11-21-48(52)50-37-44(31-35-54(50)62)43-30-34-53-49(36-43)47-20-10-12-22-51(47)61(53)45-18-8-3-9-19-45/h1-4,6-9,11-14,16-19,21-22,24-29,31-35,37,43,47,49,51-52,57H,5,10,15,20,23,30,36H2,(H,58,59,60). The van der Waals surface area contributed by atoms with E-state index in [0.717, 1.165) is 54.0 Å². The van der Waals surface area contributed by atoms with Crippen LogP contribution >= 0.6 is 0 Å². The molecule has 304 valence electrons. The van der Waals surface area contributed by atoms with Gasteiger partial charge < -0.3 is 15.1 Å². The zero-order valence-corrected chi connectivity index (χ0v) is 35.0. The summed E-state index contributed by atoms with van der Waals surface area (Å²) in [4.78, 5) is 15.7. The Balaban J connectivity index is 0.837. The van der Waals surface area contributed by atoms with Gasteiger partial charge in [0.25, 0.3) is 0 Å². The van der Waals surface area contributed by atoms with Crippen molar-refractivity contribution in [1.82, 2.24) is 5.32 Å². The number of nitrogens with zero attached hydrogens (tertiary/aromatic N) is 4. The molecule has 0 radical (unpaired) electrons. The van der Waals surface area contributed by atoms with E-state index in [1.165, 1.54) is 64.2 Å². The molecule has 5 aromatic rings. The van der Waals surface area contributed by atoms with Gasteiger partial charge in [0.2, 0.25) is 0 Å². The van der Waals surface area contributed by atoms with Crippen molar-refractivity contribution in [3.63, 3.8) is 0 Å². The highest BCUT2D eigenvalue weighted by Crippen LogP contribution is 2.54. The number of allylic oxidation sites excluding steroid dienone is 9. The van der Waals surface area contributed by atoms with Crippen LogP contribution in [0, 0.1) is 11.8 Å². The molecule has 5 aromatic carbocycles. The molecule has 0 bridgehead atoms. The summed E-state index contributed by atoms with van der Waals surface area (Å²) in [6.45, 7) is 0. The van der Waals surface area contributed by atoms with E-state index >= 15 is 0 Å². The second kappa shape index (κ2) is 15.6. The monoisotopic (exact) mass is 805 g/mol. The molecule has 62 heavy (non-hydrogen) atoms. The highest BCUT2D eigenvalue weighted by atomic mass is 15.2. The molecule has 3 aliphatic heterocycles. The Morgan fingerprint density at radius 3 is 2.13 bits per heavy atom. The van der Waals surface area contributed by atoms with E-state index in [4.69, 9.17) is 9.98 Å². The fourth-order valence-electron chi connectivity index (χ4n) is 11.4. The zero-order chi connectivity index (χ0) is 41.0. The summed E-state index contributed by atoms with van der Waals surface area (Å²) in [5.41, 5.74) is 15.5. The van der Waals surface area contributed by atoms with Crippen LogP contribution in [0.5, 0.6) is 0 Å². The second-order valence-electron chi connectivity index (χ2n) is 17.9. The Morgan fingerprint density at radius 2 is 1.34 bits per heavy atom. The molecule has 1 N–H and O–H groups in total. The highest BCUT2D eigenvalue weighted by molar-refractivity contribution is 6.16. The van der Waals surface area contributed by atoms with Gasteiger partial charge in [0.05, 0.1) is 12.1 Å². The minimum Gasteiger partial charge on any atom is -0.338 e. The third-order valence-electron chi connectivity index (χ3n) is 14.4. The van der Waals surface area contributed by atoms with Crippen LogP contribution < -0.4 is 15.1 Å². The predicted molar refractivity (Wildman–Crippen MR) is 257 cm³/mol. The highest BCUT2D eigenvalue weighted by Gasteiger charge is 2.47. The van der Waals surface area contributed by atoms with Gasteiger partial charge in [0.1, 0.15) is 11.7 Å². The minimum atomic E-state index is -0.368. The third-order valence-corrected chi connectivity index (χ3v) is 14.4. The van der Waals surface area contributed by atoms with Gasteiger partial charge in [-0.1, -0.05) is 146 Å². The van der Waals surface area contributed by atoms with Crippen molar-refractivity contribution in [1.29, 1.82) is 0 Å². The van der Waals surface area contributed by atoms with Gasteiger partial charge in [-0.2, -0.15) is 0 Å². The van der Waals surface area contributed by atoms with Crippen molar-refractivity contribution in [2.24, 2.45) is 21.8 Å². The van der Waals surface area contributed by atoms with E-state index in [0.29, 0.717) is 23.8 Å². The molecule has 5 heteroatoms. The summed E-state index contributed by atoms with van der Waals surface area (Å²) in [7, 11) is 0. The molecule has 12 rings (SSSR count). The number of rotatable bonds is 7. The Bertz CT molecular complexity index is 2770. The predicted octanol–water partition coefficient (Wildman–Crippen LogP) is 13.0. The van der Waals surface area contributed by atoms with Crippen LogP contribution in [0.1, 0.15) is 90.4 Å². The van der Waals surface area contributed by atoms with E-state index < -0.39 is 0 Å². The summed E-state index contributed by atoms with van der Waals surface area (Å²) < 4.78 is 0. The Morgan fingerprint density at radius 1 is 0.613 bits per heavy atom. The van der Waals surface area contributed by atoms with Crippen LogP contribution in [0.4, 0.5) is 17.1 Å². The lowest BCUT2D eigenvalue weighted by Gasteiger charge is -2.31.